The number of hydrogen-bond donors (Lipinski definition) is 2. The zero-order chi connectivity index (χ0) is 25.2. The van der Waals surface area contributed by atoms with Crippen LogP contribution in [0.2, 0.25) is 5.02 Å². The van der Waals surface area contributed by atoms with E-state index in [4.69, 9.17) is 21.1 Å². The Kier molecular flexibility index (Phi) is 9.45. The van der Waals surface area contributed by atoms with Crippen molar-refractivity contribution in [1.82, 2.24) is 15.4 Å². The number of nitrogens with one attached hydrogen (secondary N) is 2. The molecule has 2 N–H and O–H groups in total. The number of carbonyl (C=O) groups is 2. The molecule has 35 heavy (non-hydrogen) atoms. The third kappa shape index (κ3) is 8.27. The minimum Gasteiger partial charge on any atom is -0.493 e. The summed E-state index contributed by atoms with van der Waals surface area (Å²) < 4.78 is 10.9. The summed E-state index contributed by atoms with van der Waals surface area (Å²) in [6.07, 6.45) is 1.43. The third-order valence-electron chi connectivity index (χ3n) is 4.35. The van der Waals surface area contributed by atoms with Crippen LogP contribution in [0.1, 0.15) is 17.0 Å². The van der Waals surface area contributed by atoms with Gasteiger partial charge in [0, 0.05) is 17.1 Å². The summed E-state index contributed by atoms with van der Waals surface area (Å²) >= 11 is 7.56. The van der Waals surface area contributed by atoms with Gasteiger partial charge in [-0.25, -0.2) is 15.4 Å². The molecule has 2 aromatic carbocycles. The van der Waals surface area contributed by atoms with Crippen molar-refractivity contribution in [2.45, 2.75) is 19.0 Å². The molecule has 0 unspecified atom stereocenters. The third-order valence-corrected chi connectivity index (χ3v) is 5.48. The lowest BCUT2D eigenvalue weighted by Crippen LogP contribution is -2.20. The van der Waals surface area contributed by atoms with Gasteiger partial charge in [0.1, 0.15) is 0 Å². The molecule has 0 aliphatic rings. The molecule has 0 aliphatic carbocycles. The number of rotatable bonds is 10. The van der Waals surface area contributed by atoms with E-state index in [1.54, 1.807) is 24.3 Å². The van der Waals surface area contributed by atoms with E-state index in [-0.39, 0.29) is 34.9 Å². The number of benzene rings is 2. The summed E-state index contributed by atoms with van der Waals surface area (Å²) in [7, 11) is 1.46. The molecule has 0 aliphatic heterocycles. The molecule has 11 heteroatoms. The molecule has 0 saturated carbocycles. The normalized spacial score (nSPS) is 10.7. The fourth-order valence-corrected chi connectivity index (χ4v) is 3.93. The monoisotopic (exact) mass is 513 g/mol. The van der Waals surface area contributed by atoms with Crippen LogP contribution in [0.15, 0.2) is 58.8 Å². The van der Waals surface area contributed by atoms with E-state index < -0.39 is 0 Å². The summed E-state index contributed by atoms with van der Waals surface area (Å²) in [6, 6.07) is 14.1. The lowest BCUT2D eigenvalue weighted by molar-refractivity contribution is -0.119. The fraction of sp³-hybridized carbons (Fsp3) is 0.208. The van der Waals surface area contributed by atoms with Crippen molar-refractivity contribution in [2.75, 3.05) is 24.8 Å². The van der Waals surface area contributed by atoms with Gasteiger partial charge >= 0.3 is 0 Å². The van der Waals surface area contributed by atoms with Crippen molar-refractivity contribution >= 4 is 47.1 Å². The number of hydrazone groups is 1. The van der Waals surface area contributed by atoms with Gasteiger partial charge in [0.05, 0.1) is 24.1 Å². The first kappa shape index (κ1) is 26.0. The maximum atomic E-state index is 12.2. The predicted octanol–water partition coefficient (Wildman–Crippen LogP) is 4.02. The Hall–Kier alpha value is -3.63. The highest BCUT2D eigenvalue weighted by Crippen LogP contribution is 2.36. The SMILES string of the molecule is COc1cc(/C=N\NC(=O)CSc2nc(C)cc(C)n2)cc(Cl)c1OCC(=O)Nc1ccccc1. The highest BCUT2D eigenvalue weighted by Gasteiger charge is 2.14. The van der Waals surface area contributed by atoms with Crippen molar-refractivity contribution in [3.8, 4) is 11.5 Å². The first-order valence-electron chi connectivity index (χ1n) is 10.5. The Morgan fingerprint density at radius 2 is 1.80 bits per heavy atom. The molecular weight excluding hydrogens is 490 g/mol. The van der Waals surface area contributed by atoms with E-state index in [1.807, 2.05) is 38.1 Å². The molecule has 0 radical (unpaired) electrons. The van der Waals surface area contributed by atoms with Crippen LogP contribution in [-0.4, -0.2) is 47.5 Å². The highest BCUT2D eigenvalue weighted by atomic mass is 35.5. The van der Waals surface area contributed by atoms with Gasteiger partial charge < -0.3 is 14.8 Å². The number of halogens is 1. The molecule has 0 atom stereocenters. The van der Waals surface area contributed by atoms with Crippen LogP contribution in [-0.2, 0) is 9.59 Å². The Labute approximate surface area is 212 Å². The van der Waals surface area contributed by atoms with E-state index in [0.29, 0.717) is 22.2 Å². The average molecular weight is 514 g/mol. The molecule has 0 fully saturated rings. The van der Waals surface area contributed by atoms with E-state index >= 15 is 0 Å². The molecule has 2 amide bonds. The molecule has 0 saturated heterocycles. The van der Waals surface area contributed by atoms with Crippen molar-refractivity contribution in [2.24, 2.45) is 5.10 Å². The molecule has 1 aromatic heterocycles. The van der Waals surface area contributed by atoms with Gasteiger partial charge in [0.2, 0.25) is 0 Å². The van der Waals surface area contributed by atoms with Crippen molar-refractivity contribution in [3.63, 3.8) is 0 Å². The molecular formula is C24H24ClN5O4S. The van der Waals surface area contributed by atoms with Gasteiger partial charge in [-0.3, -0.25) is 9.59 Å². The molecule has 0 bridgehead atoms. The second kappa shape index (κ2) is 12.7. The minimum absolute atomic E-state index is 0.113. The summed E-state index contributed by atoms with van der Waals surface area (Å²) in [5, 5.41) is 7.45. The first-order chi connectivity index (χ1) is 16.8. The minimum atomic E-state index is -0.341. The highest BCUT2D eigenvalue weighted by molar-refractivity contribution is 7.99. The molecule has 182 valence electrons. The number of hydrogen-bond acceptors (Lipinski definition) is 8. The molecule has 3 aromatic rings. The van der Waals surface area contributed by atoms with Gasteiger partial charge in [-0.2, -0.15) is 5.10 Å². The summed E-state index contributed by atoms with van der Waals surface area (Å²) in [5.74, 6) is 0.00854. The molecule has 0 spiro atoms. The van der Waals surface area contributed by atoms with Crippen LogP contribution in [0.3, 0.4) is 0 Å². The van der Waals surface area contributed by atoms with Crippen LogP contribution in [0, 0.1) is 13.8 Å². The number of aryl methyl sites for hydroxylation is 2. The van der Waals surface area contributed by atoms with Crippen LogP contribution < -0.4 is 20.2 Å². The first-order valence-corrected chi connectivity index (χ1v) is 11.8. The van der Waals surface area contributed by atoms with E-state index in [9.17, 15) is 9.59 Å². The largest absolute Gasteiger partial charge is 0.493 e. The Morgan fingerprint density at radius 3 is 2.49 bits per heavy atom. The van der Waals surface area contributed by atoms with Gasteiger partial charge in [-0.05, 0) is 49.7 Å². The lowest BCUT2D eigenvalue weighted by atomic mass is 10.2. The number of methoxy groups -OCH3 is 1. The summed E-state index contributed by atoms with van der Waals surface area (Å²) in [5.41, 5.74) is 5.36. The standard InChI is InChI=1S/C24H24ClN5O4S/c1-15-9-16(2)28-24(27-15)35-14-22(32)30-26-12-17-10-19(25)23(20(11-17)33-3)34-13-21(31)29-18-7-5-4-6-8-18/h4-12H,13-14H2,1-3H3,(H,29,31)(H,30,32)/b26-12-. The van der Waals surface area contributed by atoms with E-state index in [0.717, 1.165) is 11.4 Å². The molecule has 1 heterocycles. The van der Waals surface area contributed by atoms with Gasteiger partial charge in [-0.1, -0.05) is 41.6 Å². The van der Waals surface area contributed by atoms with Crippen LogP contribution >= 0.6 is 23.4 Å². The van der Waals surface area contributed by atoms with Gasteiger partial charge in [0.15, 0.2) is 23.3 Å². The number of ether oxygens (including phenoxy) is 2. The second-order valence-corrected chi connectivity index (χ2v) is 8.60. The van der Waals surface area contributed by atoms with Crippen LogP contribution in [0.4, 0.5) is 5.69 Å². The number of thioether (sulfide) groups is 1. The van der Waals surface area contributed by atoms with Crippen molar-refractivity contribution in [1.29, 1.82) is 0 Å². The zero-order valence-electron chi connectivity index (χ0n) is 19.4. The maximum Gasteiger partial charge on any atom is 0.262 e. The number of anilines is 1. The maximum absolute atomic E-state index is 12.2. The fourth-order valence-electron chi connectivity index (χ4n) is 2.91. The van der Waals surface area contributed by atoms with E-state index in [2.05, 4.69) is 25.8 Å². The Bertz CT molecular complexity index is 1200. The van der Waals surface area contributed by atoms with Crippen LogP contribution in [0.5, 0.6) is 11.5 Å². The number of para-hydroxylation sites is 1. The predicted molar refractivity (Wildman–Crippen MR) is 137 cm³/mol. The second-order valence-electron chi connectivity index (χ2n) is 7.25. The number of amides is 2. The smallest absolute Gasteiger partial charge is 0.262 e. The average Bonchev–Trinajstić information content (AvgIpc) is 2.82. The van der Waals surface area contributed by atoms with Gasteiger partial charge in [-0.15, -0.1) is 0 Å². The molecule has 3 rings (SSSR count). The number of carbonyl (C=O) groups excluding carboxylic acids is 2. The molecule has 9 nitrogen and oxygen atoms in total. The Balaban J connectivity index is 1.54. The van der Waals surface area contributed by atoms with E-state index in [1.165, 1.54) is 25.1 Å². The number of aromatic nitrogens is 2. The number of nitrogens with zero attached hydrogens (tertiary/aromatic N) is 3. The quantitative estimate of drug-likeness (QED) is 0.182. The summed E-state index contributed by atoms with van der Waals surface area (Å²) in [6.45, 7) is 3.49. The zero-order valence-corrected chi connectivity index (χ0v) is 20.9. The summed E-state index contributed by atoms with van der Waals surface area (Å²) in [4.78, 5) is 32.8. The topological polar surface area (TPSA) is 115 Å². The van der Waals surface area contributed by atoms with Crippen molar-refractivity contribution in [3.05, 3.63) is 70.5 Å². The Morgan fingerprint density at radius 1 is 1.09 bits per heavy atom. The lowest BCUT2D eigenvalue weighted by Gasteiger charge is -2.13. The van der Waals surface area contributed by atoms with Crippen molar-refractivity contribution < 1.29 is 19.1 Å². The van der Waals surface area contributed by atoms with Gasteiger partial charge in [0.25, 0.3) is 11.8 Å². The van der Waals surface area contributed by atoms with Crippen LogP contribution in [0.25, 0.3) is 0 Å².